The molecule has 0 bridgehead atoms. The highest BCUT2D eigenvalue weighted by molar-refractivity contribution is 6.06. The summed E-state index contributed by atoms with van der Waals surface area (Å²) in [6, 6.07) is 7.96. The molecule has 0 aliphatic heterocycles. The van der Waals surface area contributed by atoms with Crippen molar-refractivity contribution in [2.24, 2.45) is 0 Å². The van der Waals surface area contributed by atoms with Crippen molar-refractivity contribution in [3.63, 3.8) is 0 Å². The average molecular weight is 272 g/mol. The van der Waals surface area contributed by atoms with E-state index in [0.717, 1.165) is 29.3 Å². The number of aromatic amines is 1. The first-order valence-corrected chi connectivity index (χ1v) is 7.29. The van der Waals surface area contributed by atoms with Crippen LogP contribution in [0.2, 0.25) is 0 Å². The van der Waals surface area contributed by atoms with Crippen molar-refractivity contribution in [1.29, 1.82) is 0 Å². The van der Waals surface area contributed by atoms with Gasteiger partial charge in [0, 0.05) is 35.2 Å². The molecule has 0 radical (unpaired) electrons. The molecule has 1 aliphatic rings. The van der Waals surface area contributed by atoms with Crippen molar-refractivity contribution < 1.29 is 9.90 Å². The molecule has 2 N–H and O–H groups in total. The zero-order valence-electron chi connectivity index (χ0n) is 11.5. The highest BCUT2D eigenvalue weighted by Gasteiger charge is 2.27. The first kappa shape index (κ1) is 13.2. The number of carbonyl (C=O) groups is 1. The van der Waals surface area contributed by atoms with Crippen LogP contribution in [0.1, 0.15) is 36.0 Å². The molecule has 1 saturated carbocycles. The number of amides is 1. The van der Waals surface area contributed by atoms with Crippen LogP contribution in [-0.4, -0.2) is 40.1 Å². The average Bonchev–Trinajstić information content (AvgIpc) is 3.14. The van der Waals surface area contributed by atoms with E-state index in [-0.39, 0.29) is 18.6 Å². The fourth-order valence-corrected chi connectivity index (χ4v) is 3.20. The number of hydrogen-bond acceptors (Lipinski definition) is 2. The molecule has 20 heavy (non-hydrogen) atoms. The molecule has 3 rings (SSSR count). The van der Waals surface area contributed by atoms with Gasteiger partial charge in [0.2, 0.25) is 0 Å². The molecule has 1 heterocycles. The van der Waals surface area contributed by atoms with Gasteiger partial charge in [-0.2, -0.15) is 0 Å². The molecule has 0 unspecified atom stereocenters. The molecule has 1 fully saturated rings. The van der Waals surface area contributed by atoms with Gasteiger partial charge in [-0.05, 0) is 31.0 Å². The summed E-state index contributed by atoms with van der Waals surface area (Å²) in [7, 11) is 0. The summed E-state index contributed by atoms with van der Waals surface area (Å²) >= 11 is 0. The largest absolute Gasteiger partial charge is 0.395 e. The second-order valence-corrected chi connectivity index (χ2v) is 5.40. The van der Waals surface area contributed by atoms with Gasteiger partial charge in [0.1, 0.15) is 0 Å². The maximum atomic E-state index is 12.8. The standard InChI is InChI=1S/C16H20N2O2/c19-11-10-18(12-4-1-2-5-12)16(20)14-6-3-7-15-13(14)8-9-17-15/h3,6-9,12,17,19H,1-2,4-5,10-11H2. The Morgan fingerprint density at radius 2 is 2.10 bits per heavy atom. The molecule has 106 valence electrons. The smallest absolute Gasteiger partial charge is 0.254 e. The third-order valence-corrected chi connectivity index (χ3v) is 4.19. The van der Waals surface area contributed by atoms with Crippen LogP contribution in [0.5, 0.6) is 0 Å². The summed E-state index contributed by atoms with van der Waals surface area (Å²) in [4.78, 5) is 17.8. The zero-order valence-corrected chi connectivity index (χ0v) is 11.5. The fourth-order valence-electron chi connectivity index (χ4n) is 3.20. The minimum atomic E-state index is 0.0192. The quantitative estimate of drug-likeness (QED) is 0.898. The maximum Gasteiger partial charge on any atom is 0.254 e. The number of benzene rings is 1. The van der Waals surface area contributed by atoms with Gasteiger partial charge in [-0.1, -0.05) is 18.9 Å². The van der Waals surface area contributed by atoms with Crippen LogP contribution >= 0.6 is 0 Å². The van der Waals surface area contributed by atoms with Crippen LogP contribution < -0.4 is 0 Å². The van der Waals surface area contributed by atoms with Crippen molar-refractivity contribution in [1.82, 2.24) is 9.88 Å². The van der Waals surface area contributed by atoms with Crippen LogP contribution in [-0.2, 0) is 0 Å². The normalized spacial score (nSPS) is 15.8. The summed E-state index contributed by atoms with van der Waals surface area (Å²) < 4.78 is 0. The van der Waals surface area contributed by atoms with Gasteiger partial charge < -0.3 is 15.0 Å². The Morgan fingerprint density at radius 3 is 2.85 bits per heavy atom. The van der Waals surface area contributed by atoms with Crippen LogP contribution in [0, 0.1) is 0 Å². The third kappa shape index (κ3) is 2.31. The first-order valence-electron chi connectivity index (χ1n) is 7.29. The molecule has 1 aromatic carbocycles. The lowest BCUT2D eigenvalue weighted by molar-refractivity contribution is 0.0640. The van der Waals surface area contributed by atoms with Gasteiger partial charge in [-0.25, -0.2) is 0 Å². The lowest BCUT2D eigenvalue weighted by Gasteiger charge is -2.28. The van der Waals surface area contributed by atoms with Crippen molar-refractivity contribution in [2.45, 2.75) is 31.7 Å². The Labute approximate surface area is 118 Å². The van der Waals surface area contributed by atoms with Crippen molar-refractivity contribution in [3.8, 4) is 0 Å². The molecular formula is C16H20N2O2. The molecule has 0 spiro atoms. The molecule has 1 aliphatic carbocycles. The number of aliphatic hydroxyl groups excluding tert-OH is 1. The summed E-state index contributed by atoms with van der Waals surface area (Å²) in [5.41, 5.74) is 1.70. The number of fused-ring (bicyclic) bond motifs is 1. The summed E-state index contributed by atoms with van der Waals surface area (Å²) in [6.45, 7) is 0.440. The lowest BCUT2D eigenvalue weighted by atomic mass is 10.1. The summed E-state index contributed by atoms with van der Waals surface area (Å²) in [5, 5.41) is 10.2. The number of carbonyl (C=O) groups excluding carboxylic acids is 1. The number of nitrogens with zero attached hydrogens (tertiary/aromatic N) is 1. The maximum absolute atomic E-state index is 12.8. The first-order chi connectivity index (χ1) is 9.81. The Balaban J connectivity index is 1.94. The number of aliphatic hydroxyl groups is 1. The van der Waals surface area contributed by atoms with Gasteiger partial charge in [0.15, 0.2) is 0 Å². The van der Waals surface area contributed by atoms with Gasteiger partial charge in [-0.3, -0.25) is 4.79 Å². The second kappa shape index (κ2) is 5.67. The molecule has 4 nitrogen and oxygen atoms in total. The van der Waals surface area contributed by atoms with Crippen molar-refractivity contribution >= 4 is 16.8 Å². The van der Waals surface area contributed by atoms with Crippen LogP contribution in [0.25, 0.3) is 10.9 Å². The van der Waals surface area contributed by atoms with Crippen molar-refractivity contribution in [3.05, 3.63) is 36.0 Å². The Kier molecular flexibility index (Phi) is 3.74. The van der Waals surface area contributed by atoms with E-state index in [9.17, 15) is 9.90 Å². The number of aromatic nitrogens is 1. The van der Waals surface area contributed by atoms with Gasteiger partial charge >= 0.3 is 0 Å². The molecule has 0 atom stereocenters. The Hall–Kier alpha value is -1.81. The van der Waals surface area contributed by atoms with E-state index in [1.54, 1.807) is 0 Å². The topological polar surface area (TPSA) is 56.3 Å². The van der Waals surface area contributed by atoms with Gasteiger partial charge in [0.25, 0.3) is 5.91 Å². The summed E-state index contributed by atoms with van der Waals surface area (Å²) in [5.74, 6) is 0.0381. The van der Waals surface area contributed by atoms with E-state index in [1.807, 2.05) is 35.4 Å². The van der Waals surface area contributed by atoms with E-state index < -0.39 is 0 Å². The van der Waals surface area contributed by atoms with Gasteiger partial charge in [-0.15, -0.1) is 0 Å². The molecule has 1 amide bonds. The van der Waals surface area contributed by atoms with E-state index in [4.69, 9.17) is 0 Å². The third-order valence-electron chi connectivity index (χ3n) is 4.19. The summed E-state index contributed by atoms with van der Waals surface area (Å²) in [6.07, 6.45) is 6.31. The molecule has 0 saturated heterocycles. The minimum absolute atomic E-state index is 0.0192. The van der Waals surface area contributed by atoms with E-state index in [1.165, 1.54) is 12.8 Å². The van der Waals surface area contributed by atoms with Crippen molar-refractivity contribution in [2.75, 3.05) is 13.2 Å². The predicted molar refractivity (Wildman–Crippen MR) is 78.7 cm³/mol. The molecule has 1 aromatic heterocycles. The molecule has 4 heteroatoms. The SMILES string of the molecule is O=C(c1cccc2[nH]ccc12)N(CCO)C1CCCC1. The minimum Gasteiger partial charge on any atom is -0.395 e. The number of rotatable bonds is 4. The van der Waals surface area contributed by atoms with Gasteiger partial charge in [0.05, 0.1) is 6.61 Å². The number of hydrogen-bond donors (Lipinski definition) is 2. The van der Waals surface area contributed by atoms with E-state index >= 15 is 0 Å². The monoisotopic (exact) mass is 272 g/mol. The Bertz CT molecular complexity index is 599. The van der Waals surface area contributed by atoms with E-state index in [0.29, 0.717) is 6.54 Å². The van der Waals surface area contributed by atoms with Crippen LogP contribution in [0.4, 0.5) is 0 Å². The number of nitrogens with one attached hydrogen (secondary N) is 1. The molecular weight excluding hydrogens is 252 g/mol. The van der Waals surface area contributed by atoms with Crippen LogP contribution in [0.3, 0.4) is 0 Å². The van der Waals surface area contributed by atoms with E-state index in [2.05, 4.69) is 4.98 Å². The highest BCUT2D eigenvalue weighted by atomic mass is 16.3. The zero-order chi connectivity index (χ0) is 13.9. The predicted octanol–water partition coefficient (Wildman–Crippen LogP) is 2.55. The Morgan fingerprint density at radius 1 is 1.30 bits per heavy atom. The number of H-pyrrole nitrogens is 1. The molecule has 2 aromatic rings. The fraction of sp³-hybridized carbons (Fsp3) is 0.438. The second-order valence-electron chi connectivity index (χ2n) is 5.40. The van der Waals surface area contributed by atoms with Crippen LogP contribution in [0.15, 0.2) is 30.5 Å². The lowest BCUT2D eigenvalue weighted by Crippen LogP contribution is -2.40. The highest BCUT2D eigenvalue weighted by Crippen LogP contribution is 2.26.